The van der Waals surface area contributed by atoms with Crippen LogP contribution in [-0.4, -0.2) is 44.1 Å². The third-order valence-corrected chi connectivity index (χ3v) is 3.70. The molecular weight excluding hydrogens is 334 g/mol. The molecule has 1 heterocycles. The van der Waals surface area contributed by atoms with Crippen molar-refractivity contribution < 1.29 is 19.1 Å². The van der Waals surface area contributed by atoms with Crippen molar-refractivity contribution in [2.75, 3.05) is 27.3 Å². The SMILES string of the molecule is COc1ccc(CC(=O)NCCCNC(=O)c2cccnc2)cc1OC. The van der Waals surface area contributed by atoms with Gasteiger partial charge in [-0.25, -0.2) is 0 Å². The van der Waals surface area contributed by atoms with E-state index in [9.17, 15) is 9.59 Å². The fourth-order valence-corrected chi connectivity index (χ4v) is 2.36. The van der Waals surface area contributed by atoms with Crippen molar-refractivity contribution in [2.24, 2.45) is 0 Å². The number of pyridine rings is 1. The zero-order valence-electron chi connectivity index (χ0n) is 15.0. The zero-order valence-corrected chi connectivity index (χ0v) is 15.0. The third-order valence-electron chi connectivity index (χ3n) is 3.70. The molecule has 26 heavy (non-hydrogen) atoms. The van der Waals surface area contributed by atoms with Crippen LogP contribution in [0.5, 0.6) is 11.5 Å². The monoisotopic (exact) mass is 357 g/mol. The van der Waals surface area contributed by atoms with Crippen molar-refractivity contribution >= 4 is 11.8 Å². The number of hydrogen-bond acceptors (Lipinski definition) is 5. The first-order chi connectivity index (χ1) is 12.6. The lowest BCUT2D eigenvalue weighted by molar-refractivity contribution is -0.120. The van der Waals surface area contributed by atoms with Gasteiger partial charge >= 0.3 is 0 Å². The van der Waals surface area contributed by atoms with Crippen LogP contribution >= 0.6 is 0 Å². The molecule has 2 amide bonds. The second kappa shape index (κ2) is 10.0. The average Bonchev–Trinajstić information content (AvgIpc) is 2.68. The molecule has 0 saturated carbocycles. The van der Waals surface area contributed by atoms with Crippen LogP contribution in [0.1, 0.15) is 22.3 Å². The Balaban J connectivity index is 1.68. The fourth-order valence-electron chi connectivity index (χ4n) is 2.36. The number of rotatable bonds is 9. The lowest BCUT2D eigenvalue weighted by atomic mass is 10.1. The number of carbonyl (C=O) groups is 2. The summed E-state index contributed by atoms with van der Waals surface area (Å²) < 4.78 is 10.4. The predicted molar refractivity (Wildman–Crippen MR) is 97.4 cm³/mol. The molecule has 0 saturated heterocycles. The highest BCUT2D eigenvalue weighted by Crippen LogP contribution is 2.27. The second-order valence-corrected chi connectivity index (χ2v) is 5.57. The van der Waals surface area contributed by atoms with Gasteiger partial charge < -0.3 is 20.1 Å². The van der Waals surface area contributed by atoms with Gasteiger partial charge in [-0.15, -0.1) is 0 Å². The molecule has 2 N–H and O–H groups in total. The van der Waals surface area contributed by atoms with E-state index >= 15 is 0 Å². The highest BCUT2D eigenvalue weighted by Gasteiger charge is 2.08. The Kier molecular flexibility index (Phi) is 7.42. The fraction of sp³-hybridized carbons (Fsp3) is 0.316. The van der Waals surface area contributed by atoms with E-state index in [0.717, 1.165) is 5.56 Å². The Bertz CT molecular complexity index is 735. The molecule has 0 atom stereocenters. The number of carbonyl (C=O) groups excluding carboxylic acids is 2. The Hall–Kier alpha value is -3.09. The summed E-state index contributed by atoms with van der Waals surface area (Å²) in [5.41, 5.74) is 1.36. The number of nitrogens with zero attached hydrogens (tertiary/aromatic N) is 1. The van der Waals surface area contributed by atoms with Gasteiger partial charge in [-0.3, -0.25) is 14.6 Å². The molecule has 1 aromatic carbocycles. The van der Waals surface area contributed by atoms with Crippen molar-refractivity contribution in [2.45, 2.75) is 12.8 Å². The summed E-state index contributed by atoms with van der Waals surface area (Å²) in [5, 5.41) is 5.63. The number of hydrogen-bond donors (Lipinski definition) is 2. The Labute approximate surface area is 152 Å². The van der Waals surface area contributed by atoms with E-state index in [4.69, 9.17) is 9.47 Å². The van der Waals surface area contributed by atoms with Gasteiger partial charge in [0.1, 0.15) is 0 Å². The molecule has 2 aromatic rings. The Morgan fingerprint density at radius 1 is 1.04 bits per heavy atom. The second-order valence-electron chi connectivity index (χ2n) is 5.57. The van der Waals surface area contributed by atoms with Crippen LogP contribution < -0.4 is 20.1 Å². The van der Waals surface area contributed by atoms with E-state index in [2.05, 4.69) is 15.6 Å². The van der Waals surface area contributed by atoms with Gasteiger partial charge in [-0.05, 0) is 36.2 Å². The molecule has 7 nitrogen and oxygen atoms in total. The molecule has 2 rings (SSSR count). The van der Waals surface area contributed by atoms with Crippen molar-refractivity contribution in [1.82, 2.24) is 15.6 Å². The number of methoxy groups -OCH3 is 2. The van der Waals surface area contributed by atoms with Crippen molar-refractivity contribution in [1.29, 1.82) is 0 Å². The number of benzene rings is 1. The van der Waals surface area contributed by atoms with Gasteiger partial charge in [0.25, 0.3) is 5.91 Å². The maximum Gasteiger partial charge on any atom is 0.252 e. The van der Waals surface area contributed by atoms with Gasteiger partial charge in [-0.2, -0.15) is 0 Å². The molecule has 0 aliphatic rings. The molecule has 0 aliphatic heterocycles. The van der Waals surface area contributed by atoms with Gasteiger partial charge in [0.05, 0.1) is 26.2 Å². The first kappa shape index (κ1) is 19.2. The highest BCUT2D eigenvalue weighted by molar-refractivity contribution is 5.93. The molecule has 0 bridgehead atoms. The van der Waals surface area contributed by atoms with Gasteiger partial charge in [0.2, 0.25) is 5.91 Å². The van der Waals surface area contributed by atoms with Crippen LogP contribution in [0.3, 0.4) is 0 Å². The maximum atomic E-state index is 12.0. The summed E-state index contributed by atoms with van der Waals surface area (Å²) in [6.45, 7) is 0.962. The van der Waals surface area contributed by atoms with E-state index in [-0.39, 0.29) is 18.2 Å². The molecular formula is C19H23N3O4. The highest BCUT2D eigenvalue weighted by atomic mass is 16.5. The van der Waals surface area contributed by atoms with Gasteiger partial charge in [-0.1, -0.05) is 6.07 Å². The lowest BCUT2D eigenvalue weighted by Gasteiger charge is -2.10. The molecule has 0 radical (unpaired) electrons. The molecule has 138 valence electrons. The van der Waals surface area contributed by atoms with Crippen LogP contribution in [0, 0.1) is 0 Å². The first-order valence-electron chi connectivity index (χ1n) is 8.30. The molecule has 0 spiro atoms. The Morgan fingerprint density at radius 3 is 2.50 bits per heavy atom. The van der Waals surface area contributed by atoms with Crippen LogP contribution in [0.4, 0.5) is 0 Å². The topological polar surface area (TPSA) is 89.6 Å². The quantitative estimate of drug-likeness (QED) is 0.665. The number of nitrogens with one attached hydrogen (secondary N) is 2. The average molecular weight is 357 g/mol. The van der Waals surface area contributed by atoms with E-state index in [0.29, 0.717) is 36.6 Å². The summed E-state index contributed by atoms with van der Waals surface area (Å²) in [7, 11) is 3.12. The van der Waals surface area contributed by atoms with Gasteiger partial charge in [0, 0.05) is 25.5 Å². The summed E-state index contributed by atoms with van der Waals surface area (Å²) in [4.78, 5) is 27.7. The zero-order chi connectivity index (χ0) is 18.8. The van der Waals surface area contributed by atoms with Crippen LogP contribution in [0.2, 0.25) is 0 Å². The van der Waals surface area contributed by atoms with Crippen molar-refractivity contribution in [3.8, 4) is 11.5 Å². The molecule has 1 aromatic heterocycles. The van der Waals surface area contributed by atoms with Crippen molar-refractivity contribution in [3.05, 3.63) is 53.9 Å². The largest absolute Gasteiger partial charge is 0.493 e. The van der Waals surface area contributed by atoms with E-state index in [1.54, 1.807) is 44.7 Å². The minimum absolute atomic E-state index is 0.0872. The number of amides is 2. The van der Waals surface area contributed by atoms with E-state index < -0.39 is 0 Å². The first-order valence-corrected chi connectivity index (χ1v) is 8.30. The van der Waals surface area contributed by atoms with Crippen LogP contribution in [-0.2, 0) is 11.2 Å². The minimum atomic E-state index is -0.172. The minimum Gasteiger partial charge on any atom is -0.493 e. The number of aromatic nitrogens is 1. The van der Waals surface area contributed by atoms with Gasteiger partial charge in [0.15, 0.2) is 11.5 Å². The predicted octanol–water partition coefficient (Wildman–Crippen LogP) is 1.58. The molecule has 7 heteroatoms. The maximum absolute atomic E-state index is 12.0. The summed E-state index contributed by atoms with van der Waals surface area (Å²) >= 11 is 0. The normalized spacial score (nSPS) is 10.1. The molecule has 0 fully saturated rings. The lowest BCUT2D eigenvalue weighted by Crippen LogP contribution is -2.30. The van der Waals surface area contributed by atoms with Crippen molar-refractivity contribution in [3.63, 3.8) is 0 Å². The molecule has 0 unspecified atom stereocenters. The summed E-state index contributed by atoms with van der Waals surface area (Å²) in [6.07, 6.45) is 4.02. The van der Waals surface area contributed by atoms with E-state index in [1.807, 2.05) is 6.07 Å². The third kappa shape index (κ3) is 5.77. The Morgan fingerprint density at radius 2 is 1.81 bits per heavy atom. The van der Waals surface area contributed by atoms with Crippen LogP contribution in [0.25, 0.3) is 0 Å². The standard InChI is InChI=1S/C19H23N3O4/c1-25-16-7-6-14(11-17(16)26-2)12-18(23)21-9-4-10-22-19(24)15-5-3-8-20-13-15/h3,5-8,11,13H,4,9-10,12H2,1-2H3,(H,21,23)(H,22,24). The number of ether oxygens (including phenoxy) is 2. The summed E-state index contributed by atoms with van der Waals surface area (Å²) in [5.74, 6) is 0.961. The summed E-state index contributed by atoms with van der Waals surface area (Å²) in [6, 6.07) is 8.80. The smallest absolute Gasteiger partial charge is 0.252 e. The molecule has 0 aliphatic carbocycles. The van der Waals surface area contributed by atoms with E-state index in [1.165, 1.54) is 6.20 Å². The van der Waals surface area contributed by atoms with Crippen LogP contribution in [0.15, 0.2) is 42.7 Å².